The Bertz CT molecular complexity index is 769. The number of hydrogen-bond donors (Lipinski definition) is 0. The largest absolute Gasteiger partial charge is 0.343 e. The lowest BCUT2D eigenvalue weighted by Gasteiger charge is -2.55. The molecule has 2 aromatic heterocycles. The van der Waals surface area contributed by atoms with Gasteiger partial charge in [-0.2, -0.15) is 0 Å². The molecule has 0 aromatic carbocycles. The topological polar surface area (TPSA) is 17.8 Å². The predicted octanol–water partition coefficient (Wildman–Crippen LogP) is 4.60. The van der Waals surface area contributed by atoms with Crippen molar-refractivity contribution in [1.29, 1.82) is 0 Å². The lowest BCUT2D eigenvalue weighted by atomic mass is 9.54. The van der Waals surface area contributed by atoms with Crippen molar-refractivity contribution in [2.75, 3.05) is 0 Å². The molecule has 0 saturated heterocycles. The normalized spacial score (nSPS) is 38.1. The molecule has 0 amide bonds. The Morgan fingerprint density at radius 1 is 1.00 bits per heavy atom. The van der Waals surface area contributed by atoms with E-state index < -0.39 is 0 Å². The molecule has 0 unspecified atom stereocenters. The van der Waals surface area contributed by atoms with Gasteiger partial charge < -0.3 is 4.57 Å². The molecule has 2 heteroatoms. The zero-order chi connectivity index (χ0) is 14.3. The number of nitrogens with zero attached hydrogens (tertiary/aromatic N) is 2. The van der Waals surface area contributed by atoms with Gasteiger partial charge in [0.15, 0.2) is 0 Å². The van der Waals surface area contributed by atoms with E-state index in [0.29, 0.717) is 0 Å². The zero-order valence-corrected chi connectivity index (χ0v) is 12.9. The summed E-state index contributed by atoms with van der Waals surface area (Å²) in [5.74, 6) is 3.96. The molecule has 0 aliphatic heterocycles. The Hall–Kier alpha value is -1.57. The SMILES string of the molecule is C1=Cc2c(ncc3ccn(C4C5CC6CC(C5)CC4C6)c23)C1. The van der Waals surface area contributed by atoms with Crippen molar-refractivity contribution in [2.24, 2.45) is 23.7 Å². The van der Waals surface area contributed by atoms with Crippen molar-refractivity contribution < 1.29 is 0 Å². The molecule has 2 aromatic rings. The molecule has 0 N–H and O–H groups in total. The van der Waals surface area contributed by atoms with Gasteiger partial charge in [-0.1, -0.05) is 12.2 Å². The van der Waals surface area contributed by atoms with E-state index in [0.717, 1.165) is 36.1 Å². The van der Waals surface area contributed by atoms with E-state index in [9.17, 15) is 0 Å². The molecular weight excluding hydrogens is 268 g/mol. The zero-order valence-electron chi connectivity index (χ0n) is 12.9. The minimum atomic E-state index is 0.755. The summed E-state index contributed by atoms with van der Waals surface area (Å²) in [5, 5.41) is 1.33. The van der Waals surface area contributed by atoms with Crippen LogP contribution in [-0.4, -0.2) is 9.55 Å². The van der Waals surface area contributed by atoms with Gasteiger partial charge in [0.25, 0.3) is 0 Å². The molecular formula is C20H22N2. The highest BCUT2D eigenvalue weighted by Crippen LogP contribution is 2.58. The van der Waals surface area contributed by atoms with Crippen LogP contribution in [0.4, 0.5) is 0 Å². The first kappa shape index (κ1) is 11.9. The van der Waals surface area contributed by atoms with E-state index in [1.165, 1.54) is 54.3 Å². The van der Waals surface area contributed by atoms with Gasteiger partial charge >= 0.3 is 0 Å². The van der Waals surface area contributed by atoms with Crippen molar-refractivity contribution in [2.45, 2.75) is 44.6 Å². The van der Waals surface area contributed by atoms with E-state index >= 15 is 0 Å². The van der Waals surface area contributed by atoms with Crippen LogP contribution in [0.15, 0.2) is 24.5 Å². The van der Waals surface area contributed by atoms with Crippen LogP contribution in [0.2, 0.25) is 0 Å². The highest BCUT2D eigenvalue weighted by atomic mass is 15.0. The number of fused-ring (bicyclic) bond motifs is 3. The van der Waals surface area contributed by atoms with Gasteiger partial charge in [-0.3, -0.25) is 4.98 Å². The van der Waals surface area contributed by atoms with Gasteiger partial charge in [-0.15, -0.1) is 0 Å². The second-order valence-electron chi connectivity index (χ2n) is 8.17. The van der Waals surface area contributed by atoms with Crippen LogP contribution >= 0.6 is 0 Å². The van der Waals surface area contributed by atoms with E-state index in [2.05, 4.69) is 40.2 Å². The summed E-state index contributed by atoms with van der Waals surface area (Å²) >= 11 is 0. The average Bonchev–Trinajstić information content (AvgIpc) is 3.11. The summed E-state index contributed by atoms with van der Waals surface area (Å²) in [6.45, 7) is 0. The third-order valence-corrected chi connectivity index (χ3v) is 6.97. The first-order chi connectivity index (χ1) is 10.9. The molecule has 0 spiro atoms. The quantitative estimate of drug-likeness (QED) is 0.750. The van der Waals surface area contributed by atoms with Gasteiger partial charge in [0.2, 0.25) is 0 Å². The summed E-state index contributed by atoms with van der Waals surface area (Å²) < 4.78 is 2.67. The number of hydrogen-bond acceptors (Lipinski definition) is 1. The van der Waals surface area contributed by atoms with Crippen LogP contribution in [0.5, 0.6) is 0 Å². The molecule has 4 bridgehead atoms. The molecule has 2 heterocycles. The fraction of sp³-hybridized carbons (Fsp3) is 0.550. The summed E-state index contributed by atoms with van der Waals surface area (Å²) in [6, 6.07) is 3.05. The lowest BCUT2D eigenvalue weighted by Crippen LogP contribution is -2.45. The Labute approximate surface area is 131 Å². The molecule has 5 aliphatic carbocycles. The third kappa shape index (κ3) is 1.44. The number of aromatic nitrogens is 2. The minimum absolute atomic E-state index is 0.755. The summed E-state index contributed by atoms with van der Waals surface area (Å²) in [4.78, 5) is 4.66. The van der Waals surface area contributed by atoms with Gasteiger partial charge in [0.05, 0.1) is 11.2 Å². The monoisotopic (exact) mass is 290 g/mol. The van der Waals surface area contributed by atoms with E-state index in [1.54, 1.807) is 0 Å². The second kappa shape index (κ2) is 4.04. The van der Waals surface area contributed by atoms with E-state index in [1.807, 2.05) is 0 Å². The maximum atomic E-state index is 4.66. The molecule has 112 valence electrons. The van der Waals surface area contributed by atoms with Gasteiger partial charge in [0, 0.05) is 35.8 Å². The van der Waals surface area contributed by atoms with Crippen molar-refractivity contribution in [3.05, 3.63) is 35.8 Å². The Morgan fingerprint density at radius 3 is 2.55 bits per heavy atom. The van der Waals surface area contributed by atoms with Crippen LogP contribution in [0.25, 0.3) is 17.0 Å². The minimum Gasteiger partial charge on any atom is -0.343 e. The number of pyridine rings is 1. The smallest absolute Gasteiger partial charge is 0.0590 e. The van der Waals surface area contributed by atoms with Crippen LogP contribution in [0, 0.1) is 23.7 Å². The Balaban J connectivity index is 1.54. The molecule has 0 radical (unpaired) electrons. The van der Waals surface area contributed by atoms with Crippen LogP contribution in [0.3, 0.4) is 0 Å². The maximum Gasteiger partial charge on any atom is 0.0590 e. The molecule has 22 heavy (non-hydrogen) atoms. The van der Waals surface area contributed by atoms with Crippen molar-refractivity contribution >= 4 is 17.0 Å². The van der Waals surface area contributed by atoms with Gasteiger partial charge in [-0.25, -0.2) is 0 Å². The van der Waals surface area contributed by atoms with Crippen molar-refractivity contribution in [3.63, 3.8) is 0 Å². The molecule has 0 atom stereocenters. The van der Waals surface area contributed by atoms with Crippen LogP contribution in [-0.2, 0) is 6.42 Å². The van der Waals surface area contributed by atoms with Gasteiger partial charge in [-0.05, 0) is 61.8 Å². The number of allylic oxidation sites excluding steroid dienone is 1. The molecule has 5 aliphatic rings. The number of rotatable bonds is 1. The van der Waals surface area contributed by atoms with Crippen LogP contribution < -0.4 is 0 Å². The highest BCUT2D eigenvalue weighted by Gasteiger charge is 2.49. The maximum absolute atomic E-state index is 4.66. The van der Waals surface area contributed by atoms with Crippen molar-refractivity contribution in [3.8, 4) is 0 Å². The molecule has 4 saturated carbocycles. The first-order valence-electron chi connectivity index (χ1n) is 9.02. The summed E-state index contributed by atoms with van der Waals surface area (Å²) in [7, 11) is 0. The first-order valence-corrected chi connectivity index (χ1v) is 9.02. The van der Waals surface area contributed by atoms with Crippen molar-refractivity contribution in [1.82, 2.24) is 9.55 Å². The fourth-order valence-corrected chi connectivity index (χ4v) is 6.44. The molecule has 4 fully saturated rings. The highest BCUT2D eigenvalue weighted by molar-refractivity contribution is 5.90. The second-order valence-corrected chi connectivity index (χ2v) is 8.17. The Kier molecular flexibility index (Phi) is 2.19. The lowest BCUT2D eigenvalue weighted by molar-refractivity contribution is -0.0275. The van der Waals surface area contributed by atoms with Gasteiger partial charge in [0.1, 0.15) is 0 Å². The Morgan fingerprint density at radius 2 is 1.77 bits per heavy atom. The van der Waals surface area contributed by atoms with E-state index in [4.69, 9.17) is 0 Å². The molecule has 7 rings (SSSR count). The summed E-state index contributed by atoms with van der Waals surface area (Å²) in [6.07, 6.45) is 17.5. The standard InChI is InChI=1S/C20H22N2/c1-2-17-18(3-1)21-11-14-4-5-22(20(14)17)19-15-7-12-6-13(9-15)10-16(19)8-12/h1-2,4-5,11-13,15-16,19H,3,6-10H2. The predicted molar refractivity (Wildman–Crippen MR) is 88.6 cm³/mol. The third-order valence-electron chi connectivity index (χ3n) is 6.97. The molecule has 2 nitrogen and oxygen atoms in total. The summed E-state index contributed by atoms with van der Waals surface area (Å²) in [5.41, 5.74) is 4.14. The average molecular weight is 290 g/mol. The van der Waals surface area contributed by atoms with E-state index in [-0.39, 0.29) is 0 Å². The fourth-order valence-electron chi connectivity index (χ4n) is 6.44. The van der Waals surface area contributed by atoms with Crippen LogP contribution in [0.1, 0.15) is 49.4 Å².